The third-order valence-corrected chi connectivity index (χ3v) is 3.82. The van der Waals surface area contributed by atoms with Gasteiger partial charge >= 0.3 is 5.97 Å². The molecular weight excluding hydrogens is 246 g/mol. The second-order valence-electron chi connectivity index (χ2n) is 5.19. The molecule has 1 saturated carbocycles. The summed E-state index contributed by atoms with van der Waals surface area (Å²) in [5.41, 5.74) is -0.279. The van der Waals surface area contributed by atoms with Gasteiger partial charge in [0.15, 0.2) is 0 Å². The molecule has 1 fully saturated rings. The summed E-state index contributed by atoms with van der Waals surface area (Å²) in [5.74, 6) is -0.740. The number of carbonyl (C=O) groups is 2. The van der Waals surface area contributed by atoms with Crippen LogP contribution >= 0.6 is 0 Å². The van der Waals surface area contributed by atoms with E-state index in [1.54, 1.807) is 0 Å². The molecule has 0 heterocycles. The Labute approximate surface area is 114 Å². The molecule has 0 atom stereocenters. The van der Waals surface area contributed by atoms with E-state index < -0.39 is 5.97 Å². The van der Waals surface area contributed by atoms with Crippen LogP contribution in [0.1, 0.15) is 51.9 Å². The average Bonchev–Trinajstić information content (AvgIpc) is 2.84. The first-order valence-electron chi connectivity index (χ1n) is 7.18. The van der Waals surface area contributed by atoms with Gasteiger partial charge in [-0.1, -0.05) is 12.8 Å². The lowest BCUT2D eigenvalue weighted by Gasteiger charge is -2.27. The molecule has 0 spiro atoms. The number of nitrogens with one attached hydrogen (secondary N) is 1. The van der Waals surface area contributed by atoms with Crippen LogP contribution < -0.4 is 5.32 Å². The number of aliphatic carboxylic acids is 1. The van der Waals surface area contributed by atoms with E-state index in [4.69, 9.17) is 9.84 Å². The zero-order valence-corrected chi connectivity index (χ0v) is 11.7. The number of carboxylic acid groups (broad SMARTS) is 1. The highest BCUT2D eigenvalue weighted by Crippen LogP contribution is 2.41. The first kappa shape index (κ1) is 16.0. The molecule has 0 radical (unpaired) electrons. The molecule has 0 aromatic carbocycles. The molecule has 0 aromatic rings. The SMILES string of the molecule is CCOCCC1(C(=O)NCCCC(=O)O)CCCC1. The van der Waals surface area contributed by atoms with Gasteiger partial charge in [0.2, 0.25) is 5.91 Å². The van der Waals surface area contributed by atoms with Crippen LogP contribution in [0.3, 0.4) is 0 Å². The Kier molecular flexibility index (Phi) is 6.84. The number of hydrogen-bond donors (Lipinski definition) is 2. The van der Waals surface area contributed by atoms with Crippen molar-refractivity contribution in [2.45, 2.75) is 51.9 Å². The lowest BCUT2D eigenvalue weighted by molar-refractivity contribution is -0.137. The molecule has 1 aliphatic rings. The van der Waals surface area contributed by atoms with Crippen LogP contribution in [0.2, 0.25) is 0 Å². The second kappa shape index (κ2) is 8.15. The molecule has 2 N–H and O–H groups in total. The molecule has 1 rings (SSSR count). The van der Waals surface area contributed by atoms with Crippen LogP contribution in [0.4, 0.5) is 0 Å². The van der Waals surface area contributed by atoms with E-state index in [0.29, 0.717) is 26.2 Å². The van der Waals surface area contributed by atoms with Crippen LogP contribution in [-0.4, -0.2) is 36.7 Å². The predicted octanol–water partition coefficient (Wildman–Crippen LogP) is 1.95. The molecule has 110 valence electrons. The van der Waals surface area contributed by atoms with E-state index in [9.17, 15) is 9.59 Å². The Hall–Kier alpha value is -1.10. The molecule has 0 aromatic heterocycles. The van der Waals surface area contributed by atoms with Crippen molar-refractivity contribution in [1.29, 1.82) is 0 Å². The van der Waals surface area contributed by atoms with E-state index in [0.717, 1.165) is 32.1 Å². The van der Waals surface area contributed by atoms with Crippen molar-refractivity contribution in [3.8, 4) is 0 Å². The quantitative estimate of drug-likeness (QED) is 0.628. The van der Waals surface area contributed by atoms with Crippen LogP contribution in [0.5, 0.6) is 0 Å². The molecular formula is C14H25NO4. The summed E-state index contributed by atoms with van der Waals surface area (Å²) in [6.45, 7) is 3.70. The molecule has 5 heteroatoms. The Morgan fingerprint density at radius 2 is 2.00 bits per heavy atom. The van der Waals surface area contributed by atoms with Gasteiger partial charge in [-0.25, -0.2) is 0 Å². The minimum atomic E-state index is -0.818. The van der Waals surface area contributed by atoms with Gasteiger partial charge in [-0.3, -0.25) is 9.59 Å². The van der Waals surface area contributed by atoms with Gasteiger partial charge < -0.3 is 15.2 Å². The van der Waals surface area contributed by atoms with Gasteiger partial charge in [0.25, 0.3) is 0 Å². The highest BCUT2D eigenvalue weighted by atomic mass is 16.5. The van der Waals surface area contributed by atoms with Crippen LogP contribution in [-0.2, 0) is 14.3 Å². The molecule has 1 amide bonds. The predicted molar refractivity (Wildman–Crippen MR) is 71.9 cm³/mol. The van der Waals surface area contributed by atoms with E-state index >= 15 is 0 Å². The smallest absolute Gasteiger partial charge is 0.303 e. The minimum absolute atomic E-state index is 0.0788. The topological polar surface area (TPSA) is 75.6 Å². The third kappa shape index (κ3) is 5.19. The van der Waals surface area contributed by atoms with Gasteiger partial charge in [-0.15, -0.1) is 0 Å². The molecule has 1 aliphatic carbocycles. The Bertz CT molecular complexity index is 298. The highest BCUT2D eigenvalue weighted by molar-refractivity contribution is 5.82. The molecule has 0 saturated heterocycles. The number of ether oxygens (including phenoxy) is 1. The molecule has 0 aliphatic heterocycles. The standard InChI is InChI=1S/C14H25NO4/c1-2-19-11-9-14(7-3-4-8-14)13(18)15-10-5-6-12(16)17/h2-11H2,1H3,(H,15,18)(H,16,17). The van der Waals surface area contributed by atoms with Crippen molar-refractivity contribution in [2.24, 2.45) is 5.41 Å². The third-order valence-electron chi connectivity index (χ3n) is 3.82. The summed E-state index contributed by atoms with van der Waals surface area (Å²) in [4.78, 5) is 22.7. The molecule has 19 heavy (non-hydrogen) atoms. The largest absolute Gasteiger partial charge is 0.481 e. The van der Waals surface area contributed by atoms with Crippen molar-refractivity contribution in [3.63, 3.8) is 0 Å². The molecule has 0 bridgehead atoms. The van der Waals surface area contributed by atoms with Crippen LogP contribution in [0.15, 0.2) is 0 Å². The van der Waals surface area contributed by atoms with E-state index in [2.05, 4.69) is 5.32 Å². The number of hydrogen-bond acceptors (Lipinski definition) is 3. The summed E-state index contributed by atoms with van der Waals surface area (Å²) in [5, 5.41) is 11.4. The lowest BCUT2D eigenvalue weighted by Crippen LogP contribution is -2.40. The fourth-order valence-corrected chi connectivity index (χ4v) is 2.68. The first-order chi connectivity index (χ1) is 9.10. The summed E-state index contributed by atoms with van der Waals surface area (Å²) in [6, 6.07) is 0. The van der Waals surface area contributed by atoms with Crippen molar-refractivity contribution in [3.05, 3.63) is 0 Å². The van der Waals surface area contributed by atoms with E-state index in [-0.39, 0.29) is 17.7 Å². The minimum Gasteiger partial charge on any atom is -0.481 e. The maximum atomic E-state index is 12.3. The van der Waals surface area contributed by atoms with E-state index in [1.807, 2.05) is 6.92 Å². The summed E-state index contributed by atoms with van der Waals surface area (Å²) >= 11 is 0. The Balaban J connectivity index is 2.37. The van der Waals surface area contributed by atoms with Crippen molar-refractivity contribution in [2.75, 3.05) is 19.8 Å². The van der Waals surface area contributed by atoms with Gasteiger partial charge in [0.1, 0.15) is 0 Å². The molecule has 5 nitrogen and oxygen atoms in total. The lowest BCUT2D eigenvalue weighted by atomic mass is 9.82. The number of carboxylic acids is 1. The van der Waals surface area contributed by atoms with E-state index in [1.165, 1.54) is 0 Å². The van der Waals surface area contributed by atoms with Gasteiger partial charge in [-0.2, -0.15) is 0 Å². The number of amides is 1. The highest BCUT2D eigenvalue weighted by Gasteiger charge is 2.40. The fraction of sp³-hybridized carbons (Fsp3) is 0.857. The van der Waals surface area contributed by atoms with Gasteiger partial charge in [0, 0.05) is 26.2 Å². The maximum Gasteiger partial charge on any atom is 0.303 e. The van der Waals surface area contributed by atoms with Crippen molar-refractivity contribution < 1.29 is 19.4 Å². The second-order valence-corrected chi connectivity index (χ2v) is 5.19. The van der Waals surface area contributed by atoms with Crippen molar-refractivity contribution >= 4 is 11.9 Å². The Morgan fingerprint density at radius 1 is 1.32 bits per heavy atom. The summed E-state index contributed by atoms with van der Waals surface area (Å²) in [7, 11) is 0. The van der Waals surface area contributed by atoms with Gasteiger partial charge in [-0.05, 0) is 32.6 Å². The average molecular weight is 271 g/mol. The number of carbonyl (C=O) groups excluding carboxylic acids is 1. The fourth-order valence-electron chi connectivity index (χ4n) is 2.68. The first-order valence-corrected chi connectivity index (χ1v) is 7.18. The maximum absolute atomic E-state index is 12.3. The summed E-state index contributed by atoms with van der Waals surface area (Å²) in [6.07, 6.45) is 5.39. The summed E-state index contributed by atoms with van der Waals surface area (Å²) < 4.78 is 5.37. The molecule has 0 unspecified atom stereocenters. The monoisotopic (exact) mass is 271 g/mol. The van der Waals surface area contributed by atoms with Crippen LogP contribution in [0, 0.1) is 5.41 Å². The van der Waals surface area contributed by atoms with Crippen molar-refractivity contribution in [1.82, 2.24) is 5.32 Å². The van der Waals surface area contributed by atoms with Gasteiger partial charge in [0.05, 0.1) is 5.41 Å². The zero-order valence-electron chi connectivity index (χ0n) is 11.7. The zero-order chi connectivity index (χ0) is 14.1. The Morgan fingerprint density at radius 3 is 2.58 bits per heavy atom. The van der Waals surface area contributed by atoms with Crippen LogP contribution in [0.25, 0.3) is 0 Å². The number of rotatable bonds is 9. The normalized spacial score (nSPS) is 17.3.